The Labute approximate surface area is 176 Å². The van der Waals surface area contributed by atoms with Gasteiger partial charge in [0.05, 0.1) is 26.0 Å². The van der Waals surface area contributed by atoms with E-state index < -0.39 is 11.5 Å². The predicted octanol–water partition coefficient (Wildman–Crippen LogP) is 1.32. The van der Waals surface area contributed by atoms with E-state index in [1.807, 2.05) is 4.90 Å². The molecular formula is C19H19ClN6O4. The van der Waals surface area contributed by atoms with E-state index in [0.29, 0.717) is 48.7 Å². The molecule has 4 rings (SSSR count). The molecule has 10 nitrogen and oxygen atoms in total. The fourth-order valence-corrected chi connectivity index (χ4v) is 3.27. The molecule has 0 radical (unpaired) electrons. The third-order valence-electron chi connectivity index (χ3n) is 4.61. The minimum atomic E-state index is -0.426. The van der Waals surface area contributed by atoms with Gasteiger partial charge in [-0.3, -0.25) is 14.2 Å². The highest BCUT2D eigenvalue weighted by molar-refractivity contribution is 6.31. The number of ether oxygens (including phenoxy) is 2. The van der Waals surface area contributed by atoms with E-state index in [4.69, 9.17) is 21.1 Å². The topological polar surface area (TPSA) is 111 Å². The van der Waals surface area contributed by atoms with Crippen molar-refractivity contribution in [2.75, 3.05) is 43.6 Å². The lowest BCUT2D eigenvalue weighted by molar-refractivity contribution is -0.116. The van der Waals surface area contributed by atoms with E-state index >= 15 is 0 Å². The lowest BCUT2D eigenvalue weighted by Crippen LogP contribution is -2.37. The molecule has 1 aliphatic heterocycles. The van der Waals surface area contributed by atoms with E-state index in [0.717, 1.165) is 0 Å². The number of carbonyl (C=O) groups is 1. The average Bonchev–Trinajstić information content (AvgIpc) is 2.76. The number of benzene rings is 1. The standard InChI is InChI=1S/C19H19ClN6O4/c1-29-15-3-2-12(20)8-14(15)23-16(27)10-26-11-22-17-13(18(26)28)9-21-19(24-17)25-4-6-30-7-5-25/h2-3,8-9,11H,4-7,10H2,1H3,(H,23,27). The van der Waals surface area contributed by atoms with E-state index in [1.54, 1.807) is 18.2 Å². The second-order valence-electron chi connectivity index (χ2n) is 6.58. The van der Waals surface area contributed by atoms with Crippen molar-refractivity contribution in [3.63, 3.8) is 0 Å². The number of halogens is 1. The number of fused-ring (bicyclic) bond motifs is 1. The number of hydrogen-bond acceptors (Lipinski definition) is 8. The maximum atomic E-state index is 12.8. The minimum Gasteiger partial charge on any atom is -0.495 e. The van der Waals surface area contributed by atoms with Crippen LogP contribution in [0, 0.1) is 0 Å². The molecule has 30 heavy (non-hydrogen) atoms. The SMILES string of the molecule is COc1ccc(Cl)cc1NC(=O)Cn1cnc2nc(N3CCOCC3)ncc2c1=O. The van der Waals surface area contributed by atoms with Crippen LogP contribution < -0.4 is 20.5 Å². The highest BCUT2D eigenvalue weighted by Crippen LogP contribution is 2.27. The van der Waals surface area contributed by atoms with E-state index in [9.17, 15) is 9.59 Å². The number of hydrogen-bond donors (Lipinski definition) is 1. The molecule has 3 aromatic rings. The first kappa shape index (κ1) is 20.0. The van der Waals surface area contributed by atoms with Gasteiger partial charge in [0.1, 0.15) is 24.0 Å². The summed E-state index contributed by atoms with van der Waals surface area (Å²) in [5.41, 5.74) is 0.293. The van der Waals surface area contributed by atoms with Gasteiger partial charge < -0.3 is 19.7 Å². The second-order valence-corrected chi connectivity index (χ2v) is 7.01. The Morgan fingerprint density at radius 3 is 2.87 bits per heavy atom. The largest absolute Gasteiger partial charge is 0.495 e. The number of aromatic nitrogens is 4. The highest BCUT2D eigenvalue weighted by Gasteiger charge is 2.16. The first-order valence-electron chi connectivity index (χ1n) is 9.23. The highest BCUT2D eigenvalue weighted by atomic mass is 35.5. The zero-order valence-electron chi connectivity index (χ0n) is 16.2. The molecule has 1 aromatic carbocycles. The summed E-state index contributed by atoms with van der Waals surface area (Å²) in [7, 11) is 1.49. The number of anilines is 2. The normalized spacial score (nSPS) is 14.0. The summed E-state index contributed by atoms with van der Waals surface area (Å²) in [5.74, 6) is 0.534. The number of nitrogens with zero attached hydrogens (tertiary/aromatic N) is 5. The molecule has 1 fully saturated rings. The molecule has 1 aliphatic rings. The Kier molecular flexibility index (Phi) is 5.77. The second kappa shape index (κ2) is 8.64. The number of carbonyl (C=O) groups excluding carboxylic acids is 1. The molecule has 11 heteroatoms. The van der Waals surface area contributed by atoms with Crippen LogP contribution in [0.15, 0.2) is 35.5 Å². The Balaban J connectivity index is 1.54. The third kappa shape index (κ3) is 4.19. The van der Waals surface area contributed by atoms with Gasteiger partial charge in [-0.1, -0.05) is 11.6 Å². The van der Waals surface area contributed by atoms with Gasteiger partial charge in [-0.05, 0) is 18.2 Å². The molecule has 1 N–H and O–H groups in total. The number of rotatable bonds is 5. The van der Waals surface area contributed by atoms with Crippen LogP contribution in [0.4, 0.5) is 11.6 Å². The van der Waals surface area contributed by atoms with Gasteiger partial charge >= 0.3 is 0 Å². The van der Waals surface area contributed by atoms with Crippen LogP contribution in [0.1, 0.15) is 0 Å². The Morgan fingerprint density at radius 1 is 1.30 bits per heavy atom. The first-order valence-corrected chi connectivity index (χ1v) is 9.61. The molecule has 2 aromatic heterocycles. The summed E-state index contributed by atoms with van der Waals surface area (Å²) in [6.45, 7) is 2.32. The van der Waals surface area contributed by atoms with Gasteiger partial charge in [0.2, 0.25) is 11.9 Å². The molecule has 0 atom stereocenters. The summed E-state index contributed by atoms with van der Waals surface area (Å²) in [4.78, 5) is 40.1. The quantitative estimate of drug-likeness (QED) is 0.645. The smallest absolute Gasteiger partial charge is 0.264 e. The number of methoxy groups -OCH3 is 1. The van der Waals surface area contributed by atoms with Crippen LogP contribution >= 0.6 is 11.6 Å². The van der Waals surface area contributed by atoms with Crippen LogP contribution in [0.25, 0.3) is 11.0 Å². The lowest BCUT2D eigenvalue weighted by atomic mass is 10.3. The fraction of sp³-hybridized carbons (Fsp3) is 0.316. The fourth-order valence-electron chi connectivity index (χ4n) is 3.10. The molecule has 156 valence electrons. The first-order chi connectivity index (χ1) is 14.5. The Hall–Kier alpha value is -3.24. The number of nitrogens with one attached hydrogen (secondary N) is 1. The number of morpholine rings is 1. The maximum absolute atomic E-state index is 12.8. The van der Waals surface area contributed by atoms with Crippen molar-refractivity contribution in [1.29, 1.82) is 0 Å². The molecular weight excluding hydrogens is 412 g/mol. The van der Waals surface area contributed by atoms with Crippen molar-refractivity contribution in [2.45, 2.75) is 6.54 Å². The molecule has 0 saturated carbocycles. The van der Waals surface area contributed by atoms with E-state index in [2.05, 4.69) is 20.3 Å². The summed E-state index contributed by atoms with van der Waals surface area (Å²) in [6.07, 6.45) is 2.74. The summed E-state index contributed by atoms with van der Waals surface area (Å²) in [5, 5.41) is 3.38. The molecule has 0 bridgehead atoms. The monoisotopic (exact) mass is 430 g/mol. The van der Waals surface area contributed by atoms with Gasteiger partial charge in [-0.25, -0.2) is 9.97 Å². The zero-order chi connectivity index (χ0) is 21.1. The van der Waals surface area contributed by atoms with Crippen molar-refractivity contribution in [3.8, 4) is 5.75 Å². The van der Waals surface area contributed by atoms with Gasteiger partial charge in [0, 0.05) is 24.3 Å². The molecule has 0 spiro atoms. The summed E-state index contributed by atoms with van der Waals surface area (Å²) >= 11 is 5.98. The average molecular weight is 431 g/mol. The van der Waals surface area contributed by atoms with Gasteiger partial charge in [0.25, 0.3) is 5.56 Å². The van der Waals surface area contributed by atoms with Crippen molar-refractivity contribution >= 4 is 40.2 Å². The molecule has 0 unspecified atom stereocenters. The van der Waals surface area contributed by atoms with Gasteiger partial charge in [0.15, 0.2) is 5.65 Å². The summed E-state index contributed by atoms with van der Waals surface area (Å²) in [6, 6.07) is 4.87. The predicted molar refractivity (Wildman–Crippen MR) is 111 cm³/mol. The van der Waals surface area contributed by atoms with Crippen LogP contribution in [-0.2, 0) is 16.1 Å². The number of amides is 1. The molecule has 1 amide bonds. The molecule has 1 saturated heterocycles. The van der Waals surface area contributed by atoms with Gasteiger partial charge in [-0.15, -0.1) is 0 Å². The maximum Gasteiger partial charge on any atom is 0.264 e. The van der Waals surface area contributed by atoms with Crippen molar-refractivity contribution in [3.05, 3.63) is 46.1 Å². The summed E-state index contributed by atoms with van der Waals surface area (Å²) < 4.78 is 11.7. The van der Waals surface area contributed by atoms with Crippen molar-refractivity contribution < 1.29 is 14.3 Å². The third-order valence-corrected chi connectivity index (χ3v) is 4.85. The van der Waals surface area contributed by atoms with Crippen LogP contribution in [0.3, 0.4) is 0 Å². The van der Waals surface area contributed by atoms with Crippen LogP contribution in [-0.4, -0.2) is 58.8 Å². The molecule has 3 heterocycles. The Morgan fingerprint density at radius 2 is 2.10 bits per heavy atom. The van der Waals surface area contributed by atoms with E-state index in [-0.39, 0.29) is 17.6 Å². The molecule has 0 aliphatic carbocycles. The zero-order valence-corrected chi connectivity index (χ0v) is 16.9. The van der Waals surface area contributed by atoms with Crippen LogP contribution in [0.5, 0.6) is 5.75 Å². The van der Waals surface area contributed by atoms with Gasteiger partial charge in [-0.2, -0.15) is 4.98 Å². The lowest BCUT2D eigenvalue weighted by Gasteiger charge is -2.26. The van der Waals surface area contributed by atoms with E-state index in [1.165, 1.54) is 24.2 Å². The van der Waals surface area contributed by atoms with Crippen LogP contribution in [0.2, 0.25) is 5.02 Å². The minimum absolute atomic E-state index is 0.233. The van der Waals surface area contributed by atoms with Crippen molar-refractivity contribution in [2.24, 2.45) is 0 Å². The van der Waals surface area contributed by atoms with Crippen molar-refractivity contribution in [1.82, 2.24) is 19.5 Å². The Bertz CT molecular complexity index is 1150.